The Morgan fingerprint density at radius 3 is 2.46 bits per heavy atom. The molecule has 0 radical (unpaired) electrons. The van der Waals surface area contributed by atoms with E-state index in [1.54, 1.807) is 16.9 Å². The fourth-order valence-electron chi connectivity index (χ4n) is 2.78. The second kappa shape index (κ2) is 8.42. The van der Waals surface area contributed by atoms with E-state index in [0.29, 0.717) is 37.6 Å². The van der Waals surface area contributed by atoms with Crippen molar-refractivity contribution in [3.8, 4) is 5.75 Å². The van der Waals surface area contributed by atoms with E-state index in [0.717, 1.165) is 25.2 Å². The van der Waals surface area contributed by atoms with Crippen molar-refractivity contribution in [2.24, 2.45) is 0 Å². The van der Waals surface area contributed by atoms with Crippen molar-refractivity contribution in [2.45, 2.75) is 13.8 Å². The summed E-state index contributed by atoms with van der Waals surface area (Å²) in [5, 5.41) is 2.93. The molecule has 0 unspecified atom stereocenters. The maximum absolute atomic E-state index is 12.3. The van der Waals surface area contributed by atoms with E-state index in [1.807, 2.05) is 32.0 Å². The van der Waals surface area contributed by atoms with Crippen molar-refractivity contribution >= 4 is 23.8 Å². The Hall–Kier alpha value is -2.44. The number of piperazine rings is 1. The minimum absolute atomic E-state index is 0.138. The summed E-state index contributed by atoms with van der Waals surface area (Å²) in [4.78, 5) is 28.8. The molecule has 1 aromatic rings. The number of hydrogen-bond acceptors (Lipinski definition) is 4. The van der Waals surface area contributed by atoms with Crippen LogP contribution in [0.25, 0.3) is 0 Å². The van der Waals surface area contributed by atoms with Gasteiger partial charge in [0.1, 0.15) is 5.75 Å². The van der Waals surface area contributed by atoms with Crippen LogP contribution < -0.4 is 15.0 Å². The highest BCUT2D eigenvalue weighted by molar-refractivity contribution is 5.91. The monoisotopic (exact) mass is 334 g/mol. The molecular weight excluding hydrogens is 308 g/mol. The average molecular weight is 334 g/mol. The van der Waals surface area contributed by atoms with Crippen molar-refractivity contribution in [3.63, 3.8) is 0 Å². The number of methoxy groups -OCH3 is 1. The summed E-state index contributed by atoms with van der Waals surface area (Å²) in [5.41, 5.74) is 1.67. The number of carbonyl (C=O) groups is 2. The van der Waals surface area contributed by atoms with Crippen molar-refractivity contribution < 1.29 is 14.3 Å². The summed E-state index contributed by atoms with van der Waals surface area (Å²) < 4.78 is 5.36. The molecule has 0 aromatic heterocycles. The lowest BCUT2D eigenvalue weighted by Crippen LogP contribution is -2.45. The first-order valence-electron chi connectivity index (χ1n) is 8.31. The predicted molar refractivity (Wildman–Crippen MR) is 94.8 cm³/mol. The molecule has 7 heteroatoms. The third-order valence-electron chi connectivity index (χ3n) is 4.30. The van der Waals surface area contributed by atoms with Crippen molar-refractivity contribution in [1.82, 2.24) is 9.80 Å². The molecule has 1 saturated heterocycles. The normalized spacial score (nSPS) is 14.3. The molecule has 0 atom stereocenters. The standard InChI is InChI=1S/C17H26N4O3/c1-4-20(5-2)17(23)18-15-12-14(6-7-16(15)24-3)21-10-8-19(13-22)9-11-21/h6-7,12-13H,4-5,8-11H2,1-3H3,(H,18,23). The number of ether oxygens (including phenoxy) is 1. The summed E-state index contributed by atoms with van der Waals surface area (Å²) in [6, 6.07) is 5.62. The van der Waals surface area contributed by atoms with E-state index < -0.39 is 0 Å². The van der Waals surface area contributed by atoms with Gasteiger partial charge in [-0.25, -0.2) is 4.79 Å². The van der Waals surface area contributed by atoms with Crippen LogP contribution in [0.15, 0.2) is 18.2 Å². The molecule has 2 rings (SSSR count). The highest BCUT2D eigenvalue weighted by atomic mass is 16.5. The molecule has 1 fully saturated rings. The summed E-state index contributed by atoms with van der Waals surface area (Å²) in [6.45, 7) is 8.15. The third kappa shape index (κ3) is 4.10. The number of rotatable bonds is 6. The first kappa shape index (κ1) is 17.9. The zero-order valence-electron chi connectivity index (χ0n) is 14.6. The molecule has 132 valence electrons. The van der Waals surface area contributed by atoms with E-state index in [-0.39, 0.29) is 6.03 Å². The van der Waals surface area contributed by atoms with E-state index >= 15 is 0 Å². The van der Waals surface area contributed by atoms with Crippen molar-refractivity contribution in [1.29, 1.82) is 0 Å². The van der Waals surface area contributed by atoms with Crippen LogP contribution in [-0.2, 0) is 4.79 Å². The summed E-state index contributed by atoms with van der Waals surface area (Å²) >= 11 is 0. The summed E-state index contributed by atoms with van der Waals surface area (Å²) in [5.74, 6) is 0.630. The van der Waals surface area contributed by atoms with E-state index in [4.69, 9.17) is 4.74 Å². The van der Waals surface area contributed by atoms with Gasteiger partial charge in [0.05, 0.1) is 12.8 Å². The van der Waals surface area contributed by atoms with Crippen molar-refractivity contribution in [2.75, 3.05) is 56.6 Å². The lowest BCUT2D eigenvalue weighted by atomic mass is 10.2. The SMILES string of the molecule is CCN(CC)C(=O)Nc1cc(N2CCN(C=O)CC2)ccc1OC. The molecule has 0 spiro atoms. The lowest BCUT2D eigenvalue weighted by Gasteiger charge is -2.34. The zero-order chi connectivity index (χ0) is 17.5. The van der Waals surface area contributed by atoms with Gasteiger partial charge in [-0.15, -0.1) is 0 Å². The molecule has 0 saturated carbocycles. The van der Waals surface area contributed by atoms with Crippen LogP contribution in [0, 0.1) is 0 Å². The molecule has 1 aliphatic rings. The van der Waals surface area contributed by atoms with Gasteiger partial charge in [0.2, 0.25) is 6.41 Å². The smallest absolute Gasteiger partial charge is 0.321 e. The zero-order valence-corrected chi connectivity index (χ0v) is 14.6. The Kier molecular flexibility index (Phi) is 6.28. The largest absolute Gasteiger partial charge is 0.495 e. The van der Waals surface area contributed by atoms with Gasteiger partial charge in [-0.2, -0.15) is 0 Å². The Balaban J connectivity index is 2.15. The maximum Gasteiger partial charge on any atom is 0.321 e. The average Bonchev–Trinajstić information content (AvgIpc) is 2.62. The minimum atomic E-state index is -0.138. The summed E-state index contributed by atoms with van der Waals surface area (Å²) in [6.07, 6.45) is 0.890. The van der Waals surface area contributed by atoms with Crippen molar-refractivity contribution in [3.05, 3.63) is 18.2 Å². The molecule has 1 aliphatic heterocycles. The molecule has 7 nitrogen and oxygen atoms in total. The first-order chi connectivity index (χ1) is 11.6. The Labute approximate surface area is 143 Å². The van der Waals surface area contributed by atoms with Crippen LogP contribution in [0.3, 0.4) is 0 Å². The molecule has 24 heavy (non-hydrogen) atoms. The highest BCUT2D eigenvalue weighted by Gasteiger charge is 2.18. The fraction of sp³-hybridized carbons (Fsp3) is 0.529. The van der Waals surface area contributed by atoms with Crippen LogP contribution in [0.1, 0.15) is 13.8 Å². The third-order valence-corrected chi connectivity index (χ3v) is 4.30. The van der Waals surface area contributed by atoms with E-state index in [9.17, 15) is 9.59 Å². The van der Waals surface area contributed by atoms with Gasteiger partial charge < -0.3 is 24.8 Å². The summed E-state index contributed by atoms with van der Waals surface area (Å²) in [7, 11) is 1.59. The topological polar surface area (TPSA) is 65.1 Å². The molecule has 1 N–H and O–H groups in total. The molecular formula is C17H26N4O3. The second-order valence-electron chi connectivity index (χ2n) is 5.62. The Morgan fingerprint density at radius 1 is 1.25 bits per heavy atom. The Morgan fingerprint density at radius 2 is 1.92 bits per heavy atom. The van der Waals surface area contributed by atoms with E-state index in [2.05, 4.69) is 10.2 Å². The predicted octanol–water partition coefficient (Wildman–Crippen LogP) is 1.85. The van der Waals surface area contributed by atoms with Crippen LogP contribution in [-0.4, -0.2) is 68.6 Å². The Bertz CT molecular complexity index is 567. The fourth-order valence-corrected chi connectivity index (χ4v) is 2.78. The minimum Gasteiger partial charge on any atom is -0.495 e. The highest BCUT2D eigenvalue weighted by Crippen LogP contribution is 2.30. The van der Waals surface area contributed by atoms with Gasteiger partial charge in [-0.05, 0) is 32.0 Å². The molecule has 3 amide bonds. The maximum atomic E-state index is 12.3. The molecule has 1 heterocycles. The molecule has 0 bridgehead atoms. The number of carbonyl (C=O) groups excluding carboxylic acids is 2. The van der Waals surface area contributed by atoms with Gasteiger partial charge in [0.25, 0.3) is 0 Å². The number of urea groups is 1. The first-order valence-corrected chi connectivity index (χ1v) is 8.31. The van der Waals surface area contributed by atoms with Crippen LogP contribution in [0.2, 0.25) is 0 Å². The number of benzene rings is 1. The van der Waals surface area contributed by atoms with Gasteiger partial charge in [-0.3, -0.25) is 4.79 Å². The number of anilines is 2. The number of nitrogens with one attached hydrogen (secondary N) is 1. The number of hydrogen-bond donors (Lipinski definition) is 1. The lowest BCUT2D eigenvalue weighted by molar-refractivity contribution is -0.118. The van der Waals surface area contributed by atoms with Crippen LogP contribution in [0.5, 0.6) is 5.75 Å². The number of amides is 3. The van der Waals surface area contributed by atoms with Gasteiger partial charge >= 0.3 is 6.03 Å². The molecule has 1 aromatic carbocycles. The van der Waals surface area contributed by atoms with Crippen LogP contribution in [0.4, 0.5) is 16.2 Å². The second-order valence-corrected chi connectivity index (χ2v) is 5.62. The number of nitrogens with zero attached hydrogens (tertiary/aromatic N) is 3. The van der Waals surface area contributed by atoms with E-state index in [1.165, 1.54) is 0 Å². The molecule has 0 aliphatic carbocycles. The van der Waals surface area contributed by atoms with Gasteiger partial charge in [-0.1, -0.05) is 0 Å². The quantitative estimate of drug-likeness (QED) is 0.807. The van der Waals surface area contributed by atoms with Gasteiger partial charge in [0.15, 0.2) is 0 Å². The van der Waals surface area contributed by atoms with Gasteiger partial charge in [0, 0.05) is 45.0 Å². The van der Waals surface area contributed by atoms with Crippen LogP contribution >= 0.6 is 0 Å².